The first-order chi connectivity index (χ1) is 25.8. The van der Waals surface area contributed by atoms with E-state index in [0.717, 1.165) is 49.8 Å². The van der Waals surface area contributed by atoms with E-state index in [2.05, 4.69) is 180 Å². The van der Waals surface area contributed by atoms with Gasteiger partial charge in [0.15, 0.2) is 0 Å². The highest BCUT2D eigenvalue weighted by atomic mass is 16.3. The number of anilines is 3. The molecule has 3 heteroatoms. The molecule has 10 rings (SSSR count). The molecule has 0 amide bonds. The van der Waals surface area contributed by atoms with Crippen LogP contribution in [0.25, 0.3) is 76.9 Å². The van der Waals surface area contributed by atoms with Crippen molar-refractivity contribution in [2.45, 2.75) is 0 Å². The lowest BCUT2D eigenvalue weighted by Gasteiger charge is -2.27. The highest BCUT2D eigenvalue weighted by molar-refractivity contribution is 6.19. The van der Waals surface area contributed by atoms with Crippen LogP contribution >= 0.6 is 0 Å². The van der Waals surface area contributed by atoms with Gasteiger partial charge in [0.1, 0.15) is 11.2 Å². The van der Waals surface area contributed by atoms with Crippen LogP contribution in [0.2, 0.25) is 0 Å². The lowest BCUT2D eigenvalue weighted by Crippen LogP contribution is -2.10. The summed E-state index contributed by atoms with van der Waals surface area (Å²) in [6, 6.07) is 64.9. The molecule has 0 radical (unpaired) electrons. The van der Waals surface area contributed by atoms with Gasteiger partial charge < -0.3 is 9.32 Å². The Labute approximate surface area is 301 Å². The summed E-state index contributed by atoms with van der Waals surface area (Å²) in [6.45, 7) is 0. The summed E-state index contributed by atoms with van der Waals surface area (Å²) in [5.74, 6) is 0. The largest absolute Gasteiger partial charge is 0.455 e. The first-order valence-corrected chi connectivity index (χ1v) is 17.6. The molecule has 0 saturated carbocycles. The number of rotatable bonds is 6. The lowest BCUT2D eigenvalue weighted by atomic mass is 9.92. The number of pyridine rings is 1. The normalized spacial score (nSPS) is 11.5. The monoisotopic (exact) mass is 664 g/mol. The SMILES string of the molecule is c1ccc(-c2ccc(N(c3ccc(-c4ccc(-c5ccccc5)c5ccccc45)cc3)c3cc4c5ccccc5oc4c4cnccc34)cc2)cc1. The van der Waals surface area contributed by atoms with Gasteiger partial charge in [0.25, 0.3) is 0 Å². The van der Waals surface area contributed by atoms with Crippen molar-refractivity contribution in [3.8, 4) is 33.4 Å². The molecule has 0 aliphatic carbocycles. The van der Waals surface area contributed by atoms with Crippen LogP contribution in [0.1, 0.15) is 0 Å². The standard InChI is InChI=1S/C49H32N2O/c1-3-11-33(12-4-1)34-19-23-37(24-20-34)51(47-31-45-44-17-9-10-18-48(44)52-49(45)46-32-50-30-29-43(46)47)38-25-21-36(22-26-38)40-28-27-39(35-13-5-2-6-14-35)41-15-7-8-16-42(40)41/h1-32H. The maximum atomic E-state index is 6.45. The van der Waals surface area contributed by atoms with Gasteiger partial charge in [0.05, 0.1) is 5.69 Å². The molecule has 8 aromatic carbocycles. The van der Waals surface area contributed by atoms with E-state index in [1.807, 2.05) is 24.5 Å². The molecule has 0 aliphatic rings. The number of benzene rings is 8. The van der Waals surface area contributed by atoms with Crippen molar-refractivity contribution in [1.29, 1.82) is 0 Å². The number of hydrogen-bond acceptors (Lipinski definition) is 3. The second kappa shape index (κ2) is 12.4. The number of para-hydroxylation sites is 1. The fourth-order valence-corrected chi connectivity index (χ4v) is 7.68. The summed E-state index contributed by atoms with van der Waals surface area (Å²) in [5.41, 5.74) is 12.1. The van der Waals surface area contributed by atoms with Gasteiger partial charge in [-0.3, -0.25) is 4.98 Å². The molecular weight excluding hydrogens is 633 g/mol. The third-order valence-corrected chi connectivity index (χ3v) is 10.2. The third kappa shape index (κ3) is 5.02. The second-order valence-corrected chi connectivity index (χ2v) is 13.2. The van der Waals surface area contributed by atoms with Crippen LogP contribution in [-0.4, -0.2) is 4.98 Å². The minimum atomic E-state index is 0.855. The van der Waals surface area contributed by atoms with Gasteiger partial charge in [-0.05, 0) is 86.6 Å². The van der Waals surface area contributed by atoms with E-state index in [4.69, 9.17) is 4.42 Å². The van der Waals surface area contributed by atoms with Crippen molar-refractivity contribution >= 4 is 60.5 Å². The van der Waals surface area contributed by atoms with Crippen molar-refractivity contribution in [3.63, 3.8) is 0 Å². The Morgan fingerprint density at radius 2 is 0.904 bits per heavy atom. The fourth-order valence-electron chi connectivity index (χ4n) is 7.68. The summed E-state index contributed by atoms with van der Waals surface area (Å²) in [6.07, 6.45) is 3.79. The van der Waals surface area contributed by atoms with Crippen molar-refractivity contribution in [2.75, 3.05) is 4.90 Å². The molecule has 10 aromatic rings. The zero-order valence-corrected chi connectivity index (χ0v) is 28.3. The zero-order valence-electron chi connectivity index (χ0n) is 28.3. The van der Waals surface area contributed by atoms with Crippen molar-refractivity contribution in [2.24, 2.45) is 0 Å². The molecule has 244 valence electrons. The Morgan fingerprint density at radius 1 is 0.385 bits per heavy atom. The van der Waals surface area contributed by atoms with E-state index in [1.165, 1.54) is 44.2 Å². The van der Waals surface area contributed by atoms with E-state index in [-0.39, 0.29) is 0 Å². The first-order valence-electron chi connectivity index (χ1n) is 17.6. The summed E-state index contributed by atoms with van der Waals surface area (Å²) in [4.78, 5) is 6.90. The van der Waals surface area contributed by atoms with Gasteiger partial charge in [-0.2, -0.15) is 0 Å². The molecule has 0 bridgehead atoms. The zero-order chi connectivity index (χ0) is 34.4. The molecule has 52 heavy (non-hydrogen) atoms. The highest BCUT2D eigenvalue weighted by Gasteiger charge is 2.21. The molecule has 0 spiro atoms. The van der Waals surface area contributed by atoms with Crippen molar-refractivity contribution in [1.82, 2.24) is 4.98 Å². The topological polar surface area (TPSA) is 29.3 Å². The van der Waals surface area contributed by atoms with E-state index in [9.17, 15) is 0 Å². The van der Waals surface area contributed by atoms with Gasteiger partial charge in [-0.1, -0.05) is 140 Å². The van der Waals surface area contributed by atoms with Crippen LogP contribution in [0, 0.1) is 0 Å². The average Bonchev–Trinajstić information content (AvgIpc) is 3.61. The Kier molecular flexibility index (Phi) is 7.14. The van der Waals surface area contributed by atoms with Gasteiger partial charge in [0.2, 0.25) is 0 Å². The van der Waals surface area contributed by atoms with Crippen LogP contribution in [-0.2, 0) is 0 Å². The third-order valence-electron chi connectivity index (χ3n) is 10.2. The maximum absolute atomic E-state index is 6.45. The van der Waals surface area contributed by atoms with Crippen molar-refractivity contribution in [3.05, 3.63) is 194 Å². The minimum Gasteiger partial charge on any atom is -0.455 e. The summed E-state index contributed by atoms with van der Waals surface area (Å²) < 4.78 is 6.45. The Morgan fingerprint density at radius 3 is 1.56 bits per heavy atom. The summed E-state index contributed by atoms with van der Waals surface area (Å²) in [7, 11) is 0. The molecule has 0 saturated heterocycles. The van der Waals surface area contributed by atoms with Gasteiger partial charge in [-0.25, -0.2) is 0 Å². The van der Waals surface area contributed by atoms with E-state index in [0.29, 0.717) is 0 Å². The van der Waals surface area contributed by atoms with Gasteiger partial charge in [0, 0.05) is 45.3 Å². The molecule has 0 N–H and O–H groups in total. The van der Waals surface area contributed by atoms with Crippen LogP contribution in [0.4, 0.5) is 17.1 Å². The van der Waals surface area contributed by atoms with Gasteiger partial charge >= 0.3 is 0 Å². The van der Waals surface area contributed by atoms with Gasteiger partial charge in [-0.15, -0.1) is 0 Å². The number of fused-ring (bicyclic) bond motifs is 6. The molecule has 3 nitrogen and oxygen atoms in total. The van der Waals surface area contributed by atoms with Crippen LogP contribution in [0.3, 0.4) is 0 Å². The minimum absolute atomic E-state index is 0.855. The lowest BCUT2D eigenvalue weighted by molar-refractivity contribution is 0.672. The molecule has 0 aliphatic heterocycles. The molecule has 0 atom stereocenters. The number of hydrogen-bond donors (Lipinski definition) is 0. The van der Waals surface area contributed by atoms with E-state index < -0.39 is 0 Å². The molecule has 2 aromatic heterocycles. The molecule has 2 heterocycles. The maximum Gasteiger partial charge on any atom is 0.144 e. The molecular formula is C49H32N2O. The smallest absolute Gasteiger partial charge is 0.144 e. The van der Waals surface area contributed by atoms with Crippen LogP contribution < -0.4 is 4.90 Å². The number of furan rings is 1. The summed E-state index contributed by atoms with van der Waals surface area (Å²) >= 11 is 0. The van der Waals surface area contributed by atoms with Crippen molar-refractivity contribution < 1.29 is 4.42 Å². The predicted octanol–water partition coefficient (Wildman–Crippen LogP) is 13.8. The molecule has 0 fully saturated rings. The Hall–Kier alpha value is -6.97. The fraction of sp³-hybridized carbons (Fsp3) is 0. The highest BCUT2D eigenvalue weighted by Crippen LogP contribution is 2.45. The number of aromatic nitrogens is 1. The Bertz CT molecular complexity index is 2880. The van der Waals surface area contributed by atoms with Crippen LogP contribution in [0.15, 0.2) is 199 Å². The first kappa shape index (κ1) is 29.9. The Balaban J connectivity index is 1.15. The second-order valence-electron chi connectivity index (χ2n) is 13.2. The predicted molar refractivity (Wildman–Crippen MR) is 218 cm³/mol. The summed E-state index contributed by atoms with van der Waals surface area (Å²) in [5, 5.41) is 6.69. The quantitative estimate of drug-likeness (QED) is 0.177. The number of nitrogens with zero attached hydrogens (tertiary/aromatic N) is 2. The van der Waals surface area contributed by atoms with E-state index >= 15 is 0 Å². The van der Waals surface area contributed by atoms with E-state index in [1.54, 1.807) is 0 Å². The van der Waals surface area contributed by atoms with Crippen LogP contribution in [0.5, 0.6) is 0 Å². The molecule has 0 unspecified atom stereocenters. The average molecular weight is 665 g/mol.